The van der Waals surface area contributed by atoms with E-state index >= 15 is 0 Å². The van der Waals surface area contributed by atoms with Crippen LogP contribution in [0.1, 0.15) is 25.7 Å². The lowest BCUT2D eigenvalue weighted by Gasteiger charge is -2.34. The number of piperazine rings is 1. The summed E-state index contributed by atoms with van der Waals surface area (Å²) in [6.45, 7) is 8.43. The number of anilines is 1. The average molecular weight is 294 g/mol. The summed E-state index contributed by atoms with van der Waals surface area (Å²) in [5.74, 6) is 0.931. The minimum Gasteiger partial charge on any atom is -0.346 e. The Morgan fingerprint density at radius 2 is 2.20 bits per heavy atom. The molecule has 2 fully saturated rings. The minimum absolute atomic E-state index is 0.931. The van der Waals surface area contributed by atoms with Crippen LogP contribution in [-0.4, -0.2) is 55.7 Å². The van der Waals surface area contributed by atoms with E-state index in [1.54, 1.807) is 11.3 Å². The van der Waals surface area contributed by atoms with Gasteiger partial charge in [-0.2, -0.15) is 0 Å². The van der Waals surface area contributed by atoms with Gasteiger partial charge in [0.2, 0.25) is 0 Å². The molecule has 1 N–H and O–H groups in total. The standard InChI is InChI=1S/C15H26N4S/c1-3-14(13-16-5-1)4-2-7-18-8-10-19(11-9-18)15-17-6-12-20-15/h6,12,14,16H,1-5,7-11,13H2. The van der Waals surface area contributed by atoms with E-state index in [0.29, 0.717) is 0 Å². The van der Waals surface area contributed by atoms with Gasteiger partial charge in [0.25, 0.3) is 0 Å². The summed E-state index contributed by atoms with van der Waals surface area (Å²) in [7, 11) is 0. The smallest absolute Gasteiger partial charge is 0.185 e. The Labute approximate surface area is 126 Å². The molecule has 2 aliphatic rings. The van der Waals surface area contributed by atoms with Gasteiger partial charge >= 0.3 is 0 Å². The van der Waals surface area contributed by atoms with Crippen LogP contribution in [-0.2, 0) is 0 Å². The molecule has 4 nitrogen and oxygen atoms in total. The van der Waals surface area contributed by atoms with Gasteiger partial charge in [0.05, 0.1) is 0 Å². The van der Waals surface area contributed by atoms with Gasteiger partial charge < -0.3 is 10.2 Å². The van der Waals surface area contributed by atoms with Crippen molar-refractivity contribution in [2.45, 2.75) is 25.7 Å². The van der Waals surface area contributed by atoms with E-state index in [0.717, 1.165) is 19.0 Å². The van der Waals surface area contributed by atoms with Crippen LogP contribution in [0.5, 0.6) is 0 Å². The molecule has 1 atom stereocenters. The molecule has 0 spiro atoms. The van der Waals surface area contributed by atoms with Crippen molar-refractivity contribution in [2.75, 3.05) is 50.7 Å². The molecule has 0 aromatic carbocycles. The van der Waals surface area contributed by atoms with E-state index in [4.69, 9.17) is 0 Å². The van der Waals surface area contributed by atoms with Crippen molar-refractivity contribution in [1.82, 2.24) is 15.2 Å². The summed E-state index contributed by atoms with van der Waals surface area (Å²) in [6.07, 6.45) is 7.48. The van der Waals surface area contributed by atoms with E-state index in [1.165, 1.54) is 63.5 Å². The summed E-state index contributed by atoms with van der Waals surface area (Å²) in [4.78, 5) is 9.46. The molecular weight excluding hydrogens is 268 g/mol. The molecule has 3 rings (SSSR count). The first-order chi connectivity index (χ1) is 9.92. The first kappa shape index (κ1) is 14.3. The maximum atomic E-state index is 4.41. The molecular formula is C15H26N4S. The Morgan fingerprint density at radius 3 is 2.90 bits per heavy atom. The molecule has 2 aliphatic heterocycles. The lowest BCUT2D eigenvalue weighted by Crippen LogP contribution is -2.46. The third kappa shape index (κ3) is 3.93. The maximum absolute atomic E-state index is 4.41. The van der Waals surface area contributed by atoms with Gasteiger partial charge in [-0.1, -0.05) is 0 Å². The first-order valence-corrected chi connectivity index (χ1v) is 8.87. The topological polar surface area (TPSA) is 31.4 Å². The van der Waals surface area contributed by atoms with Crippen molar-refractivity contribution in [3.05, 3.63) is 11.6 Å². The highest BCUT2D eigenvalue weighted by molar-refractivity contribution is 7.13. The van der Waals surface area contributed by atoms with Crippen molar-refractivity contribution >= 4 is 16.5 Å². The van der Waals surface area contributed by atoms with Crippen LogP contribution < -0.4 is 10.2 Å². The summed E-state index contributed by atoms with van der Waals surface area (Å²) in [5.41, 5.74) is 0. The van der Waals surface area contributed by atoms with Crippen LogP contribution in [0, 0.1) is 5.92 Å². The van der Waals surface area contributed by atoms with Gasteiger partial charge in [-0.05, 0) is 51.2 Å². The van der Waals surface area contributed by atoms with Crippen LogP contribution in [0.15, 0.2) is 11.6 Å². The molecule has 1 aromatic rings. The number of nitrogens with zero attached hydrogens (tertiary/aromatic N) is 3. The molecule has 0 saturated carbocycles. The van der Waals surface area contributed by atoms with Gasteiger partial charge in [0.1, 0.15) is 0 Å². The molecule has 112 valence electrons. The predicted octanol–water partition coefficient (Wildman–Crippen LogP) is 2.04. The lowest BCUT2D eigenvalue weighted by atomic mass is 9.94. The van der Waals surface area contributed by atoms with Gasteiger partial charge in [-0.25, -0.2) is 4.98 Å². The van der Waals surface area contributed by atoms with Crippen molar-refractivity contribution in [2.24, 2.45) is 5.92 Å². The second-order valence-corrected chi connectivity index (χ2v) is 6.87. The molecule has 1 aromatic heterocycles. The largest absolute Gasteiger partial charge is 0.346 e. The van der Waals surface area contributed by atoms with Crippen molar-refractivity contribution in [3.63, 3.8) is 0 Å². The molecule has 0 amide bonds. The molecule has 0 aliphatic carbocycles. The van der Waals surface area contributed by atoms with E-state index in [9.17, 15) is 0 Å². The van der Waals surface area contributed by atoms with Crippen LogP contribution in [0.2, 0.25) is 0 Å². The zero-order chi connectivity index (χ0) is 13.6. The third-order valence-electron chi connectivity index (χ3n) is 4.55. The van der Waals surface area contributed by atoms with Gasteiger partial charge in [0, 0.05) is 37.8 Å². The van der Waals surface area contributed by atoms with Crippen LogP contribution in [0.25, 0.3) is 0 Å². The van der Waals surface area contributed by atoms with E-state index < -0.39 is 0 Å². The number of hydrogen-bond donors (Lipinski definition) is 1. The summed E-state index contributed by atoms with van der Waals surface area (Å²) in [5, 5.41) is 6.78. The molecule has 3 heterocycles. The van der Waals surface area contributed by atoms with Crippen molar-refractivity contribution in [1.29, 1.82) is 0 Å². The maximum Gasteiger partial charge on any atom is 0.185 e. The van der Waals surface area contributed by atoms with Gasteiger partial charge in [-0.15, -0.1) is 11.3 Å². The summed E-state index contributed by atoms with van der Waals surface area (Å²) < 4.78 is 0. The van der Waals surface area contributed by atoms with E-state index in [2.05, 4.69) is 25.5 Å². The van der Waals surface area contributed by atoms with Crippen LogP contribution >= 0.6 is 11.3 Å². The van der Waals surface area contributed by atoms with Crippen molar-refractivity contribution in [3.8, 4) is 0 Å². The van der Waals surface area contributed by atoms with Crippen molar-refractivity contribution < 1.29 is 0 Å². The zero-order valence-electron chi connectivity index (χ0n) is 12.3. The quantitative estimate of drug-likeness (QED) is 0.900. The Balaban J connectivity index is 1.32. The highest BCUT2D eigenvalue weighted by Gasteiger charge is 2.19. The number of nitrogens with one attached hydrogen (secondary N) is 1. The first-order valence-electron chi connectivity index (χ1n) is 7.99. The van der Waals surface area contributed by atoms with Gasteiger partial charge in [-0.3, -0.25) is 4.90 Å². The van der Waals surface area contributed by atoms with Crippen LogP contribution in [0.4, 0.5) is 5.13 Å². The lowest BCUT2D eigenvalue weighted by molar-refractivity contribution is 0.240. The van der Waals surface area contributed by atoms with Gasteiger partial charge in [0.15, 0.2) is 5.13 Å². The molecule has 2 saturated heterocycles. The third-order valence-corrected chi connectivity index (χ3v) is 5.38. The Kier molecular flexibility index (Phi) is 5.28. The fraction of sp³-hybridized carbons (Fsp3) is 0.800. The second-order valence-electron chi connectivity index (χ2n) is 6.00. The zero-order valence-corrected chi connectivity index (χ0v) is 13.1. The number of aromatic nitrogens is 1. The van der Waals surface area contributed by atoms with Crippen LogP contribution in [0.3, 0.4) is 0 Å². The molecule has 1 unspecified atom stereocenters. The highest BCUT2D eigenvalue weighted by Crippen LogP contribution is 2.20. The highest BCUT2D eigenvalue weighted by atomic mass is 32.1. The minimum atomic E-state index is 0.931. The number of thiazole rings is 1. The Bertz CT molecular complexity index is 367. The molecule has 20 heavy (non-hydrogen) atoms. The number of piperidine rings is 1. The fourth-order valence-electron chi connectivity index (χ4n) is 3.31. The average Bonchev–Trinajstić information content (AvgIpc) is 3.03. The predicted molar refractivity (Wildman–Crippen MR) is 85.6 cm³/mol. The molecule has 0 bridgehead atoms. The SMILES string of the molecule is c1csc(N2CCN(CCCC3CCCNC3)CC2)n1. The summed E-state index contributed by atoms with van der Waals surface area (Å²) in [6, 6.07) is 0. The normalized spacial score (nSPS) is 25.0. The summed E-state index contributed by atoms with van der Waals surface area (Å²) >= 11 is 1.76. The Morgan fingerprint density at radius 1 is 1.30 bits per heavy atom. The monoisotopic (exact) mass is 294 g/mol. The second kappa shape index (κ2) is 7.38. The van der Waals surface area contributed by atoms with E-state index in [-0.39, 0.29) is 0 Å². The number of rotatable bonds is 5. The molecule has 0 radical (unpaired) electrons. The number of hydrogen-bond acceptors (Lipinski definition) is 5. The molecule has 5 heteroatoms. The fourth-order valence-corrected chi connectivity index (χ4v) is 4.01. The Hall–Kier alpha value is -0.650. The van der Waals surface area contributed by atoms with E-state index in [1.807, 2.05) is 6.20 Å².